The summed E-state index contributed by atoms with van der Waals surface area (Å²) >= 11 is 6.66. The number of carbonyl (C=O) groups excluding carboxylic acids is 1. The molecule has 35 heavy (non-hydrogen) atoms. The van der Waals surface area contributed by atoms with Crippen molar-refractivity contribution >= 4 is 51.7 Å². The van der Waals surface area contributed by atoms with Crippen molar-refractivity contribution in [2.24, 2.45) is 0 Å². The summed E-state index contributed by atoms with van der Waals surface area (Å²) in [6, 6.07) is 10.0. The van der Waals surface area contributed by atoms with Crippen LogP contribution in [0.15, 0.2) is 52.3 Å². The van der Waals surface area contributed by atoms with Crippen LogP contribution in [0.3, 0.4) is 0 Å². The maximum Gasteiger partial charge on any atom is 0.267 e. The Hall–Kier alpha value is -3.04. The molecule has 4 heterocycles. The summed E-state index contributed by atoms with van der Waals surface area (Å²) in [5, 5.41) is 0. The van der Waals surface area contributed by atoms with Gasteiger partial charge >= 0.3 is 0 Å². The number of hydrogen-bond donors (Lipinski definition) is 0. The highest BCUT2D eigenvalue weighted by molar-refractivity contribution is 8.26. The number of thiocarbonyl (C=S) groups is 1. The fourth-order valence-electron chi connectivity index (χ4n) is 4.54. The number of pyridine rings is 1. The maximum absolute atomic E-state index is 13.7. The van der Waals surface area contributed by atoms with E-state index in [1.807, 2.05) is 19.1 Å². The van der Waals surface area contributed by atoms with Crippen molar-refractivity contribution in [1.82, 2.24) is 14.3 Å². The normalized spacial score (nSPS) is 19.9. The number of nitrogens with zero attached hydrogens (tertiary/aromatic N) is 4. The van der Waals surface area contributed by atoms with Crippen LogP contribution in [0.4, 0.5) is 10.2 Å². The maximum atomic E-state index is 13.7. The van der Waals surface area contributed by atoms with Crippen LogP contribution in [0, 0.1) is 12.7 Å². The fraction of sp³-hybridized carbons (Fsp3) is 0.308. The van der Waals surface area contributed by atoms with Crippen LogP contribution in [-0.4, -0.2) is 37.1 Å². The molecule has 9 heteroatoms. The van der Waals surface area contributed by atoms with Gasteiger partial charge in [0.25, 0.3) is 11.5 Å². The Balaban J connectivity index is 1.58. The molecule has 3 aromatic rings. The molecular weight excluding hydrogens is 483 g/mol. The van der Waals surface area contributed by atoms with Gasteiger partial charge in [0.15, 0.2) is 0 Å². The molecule has 2 aliphatic heterocycles. The van der Waals surface area contributed by atoms with Crippen LogP contribution in [0.5, 0.6) is 0 Å². The lowest BCUT2D eigenvalue weighted by atomic mass is 10.0. The fourth-order valence-corrected chi connectivity index (χ4v) is 5.78. The lowest BCUT2D eigenvalue weighted by Gasteiger charge is -2.35. The lowest BCUT2D eigenvalue weighted by molar-refractivity contribution is -0.122. The van der Waals surface area contributed by atoms with Gasteiger partial charge in [-0.1, -0.05) is 42.2 Å². The third kappa shape index (κ3) is 4.62. The molecule has 1 aromatic carbocycles. The summed E-state index contributed by atoms with van der Waals surface area (Å²) in [7, 11) is 0. The van der Waals surface area contributed by atoms with Crippen molar-refractivity contribution in [2.75, 3.05) is 11.4 Å². The molecule has 1 amide bonds. The Kier molecular flexibility index (Phi) is 6.46. The second kappa shape index (κ2) is 9.54. The second-order valence-electron chi connectivity index (χ2n) is 9.02. The van der Waals surface area contributed by atoms with Gasteiger partial charge in [0.05, 0.1) is 17.0 Å². The van der Waals surface area contributed by atoms with Gasteiger partial charge in [0.1, 0.15) is 21.6 Å². The molecule has 180 valence electrons. The molecule has 1 unspecified atom stereocenters. The number of hydrogen-bond acceptors (Lipinski definition) is 6. The summed E-state index contributed by atoms with van der Waals surface area (Å²) in [5.74, 6) is 0.00332. The van der Waals surface area contributed by atoms with Crippen LogP contribution in [-0.2, 0) is 11.3 Å². The van der Waals surface area contributed by atoms with Crippen LogP contribution < -0.4 is 10.5 Å². The van der Waals surface area contributed by atoms with Crippen LogP contribution in [0.1, 0.15) is 42.9 Å². The Labute approximate surface area is 212 Å². The van der Waals surface area contributed by atoms with Crippen molar-refractivity contribution in [3.05, 3.63) is 80.4 Å². The van der Waals surface area contributed by atoms with E-state index in [-0.39, 0.29) is 29.9 Å². The van der Waals surface area contributed by atoms with Crippen molar-refractivity contribution in [3.63, 3.8) is 0 Å². The molecule has 6 nitrogen and oxygen atoms in total. The molecule has 0 radical (unpaired) electrons. The van der Waals surface area contributed by atoms with Gasteiger partial charge in [-0.2, -0.15) is 0 Å². The van der Waals surface area contributed by atoms with Crippen molar-refractivity contribution in [3.8, 4) is 0 Å². The Morgan fingerprint density at radius 1 is 1.17 bits per heavy atom. The quantitative estimate of drug-likeness (QED) is 0.368. The average molecular weight is 509 g/mol. The number of anilines is 1. The van der Waals surface area contributed by atoms with Gasteiger partial charge in [-0.05, 0) is 68.5 Å². The van der Waals surface area contributed by atoms with Crippen LogP contribution in [0.25, 0.3) is 11.7 Å². The number of piperidine rings is 1. The van der Waals surface area contributed by atoms with Gasteiger partial charge in [-0.3, -0.25) is 18.9 Å². The summed E-state index contributed by atoms with van der Waals surface area (Å²) in [4.78, 5) is 35.9. The second-order valence-corrected chi connectivity index (χ2v) is 10.7. The first-order chi connectivity index (χ1) is 16.8. The molecule has 0 N–H and O–H groups in total. The average Bonchev–Trinajstić information content (AvgIpc) is 3.10. The number of amides is 1. The standard InChI is InChI=1S/C26H25FN4O2S2/c1-16-6-11-22-28-23(29-12-4-3-5-17(29)2)20(24(32)30(22)14-16)13-21-25(33)31(26(34)35-21)15-18-7-9-19(27)10-8-18/h6-11,13-14,17H,3-5,12,15H2,1-2H3/b21-13+. The lowest BCUT2D eigenvalue weighted by Crippen LogP contribution is -2.40. The highest BCUT2D eigenvalue weighted by Gasteiger charge is 2.33. The largest absolute Gasteiger partial charge is 0.353 e. The van der Waals surface area contributed by atoms with Gasteiger partial charge in [0, 0.05) is 18.8 Å². The number of rotatable bonds is 4. The summed E-state index contributed by atoms with van der Waals surface area (Å²) < 4.78 is 15.2. The highest BCUT2D eigenvalue weighted by atomic mass is 32.2. The summed E-state index contributed by atoms with van der Waals surface area (Å²) in [5.41, 5.74) is 2.47. The van der Waals surface area contributed by atoms with Crippen molar-refractivity contribution in [1.29, 1.82) is 0 Å². The molecule has 0 bridgehead atoms. The van der Waals surface area contributed by atoms with Crippen molar-refractivity contribution in [2.45, 2.75) is 45.7 Å². The number of carbonyl (C=O) groups is 1. The molecule has 5 rings (SSSR count). The predicted octanol–water partition coefficient (Wildman–Crippen LogP) is 4.92. The number of aromatic nitrogens is 2. The van der Waals surface area contributed by atoms with Gasteiger partial charge in [0.2, 0.25) is 0 Å². The van der Waals surface area contributed by atoms with Crippen LogP contribution in [0.2, 0.25) is 0 Å². The zero-order valence-corrected chi connectivity index (χ0v) is 21.2. The molecular formula is C26H25FN4O2S2. The molecule has 2 saturated heterocycles. The van der Waals surface area contributed by atoms with E-state index in [0.29, 0.717) is 26.3 Å². The van der Waals surface area contributed by atoms with Crippen molar-refractivity contribution < 1.29 is 9.18 Å². The van der Waals surface area contributed by atoms with E-state index in [0.717, 1.165) is 36.9 Å². The van der Waals surface area contributed by atoms with Gasteiger partial charge in [-0.25, -0.2) is 9.37 Å². The molecule has 2 aromatic heterocycles. The Morgan fingerprint density at radius 2 is 1.94 bits per heavy atom. The summed E-state index contributed by atoms with van der Waals surface area (Å²) in [6.07, 6.45) is 6.60. The number of thioether (sulfide) groups is 1. The van der Waals surface area contributed by atoms with E-state index in [2.05, 4.69) is 11.8 Å². The Bertz CT molecular complexity index is 1420. The van der Waals surface area contributed by atoms with E-state index in [9.17, 15) is 14.0 Å². The van der Waals surface area contributed by atoms with E-state index < -0.39 is 0 Å². The van der Waals surface area contributed by atoms with E-state index in [1.165, 1.54) is 28.8 Å². The topological polar surface area (TPSA) is 57.9 Å². The van der Waals surface area contributed by atoms with E-state index in [4.69, 9.17) is 17.2 Å². The first-order valence-corrected chi connectivity index (χ1v) is 12.8. The molecule has 0 spiro atoms. The summed E-state index contributed by atoms with van der Waals surface area (Å²) in [6.45, 7) is 5.12. The Morgan fingerprint density at radius 3 is 2.69 bits per heavy atom. The molecule has 0 aliphatic carbocycles. The number of benzene rings is 1. The number of aryl methyl sites for hydroxylation is 1. The van der Waals surface area contributed by atoms with E-state index >= 15 is 0 Å². The highest BCUT2D eigenvalue weighted by Crippen LogP contribution is 2.35. The number of fused-ring (bicyclic) bond motifs is 1. The van der Waals surface area contributed by atoms with E-state index in [1.54, 1.807) is 28.8 Å². The van der Waals surface area contributed by atoms with Gasteiger partial charge < -0.3 is 4.90 Å². The molecule has 1 atom stereocenters. The first-order valence-electron chi connectivity index (χ1n) is 11.6. The smallest absolute Gasteiger partial charge is 0.267 e. The first kappa shape index (κ1) is 23.7. The molecule has 2 aliphatic rings. The van der Waals surface area contributed by atoms with Gasteiger partial charge in [-0.15, -0.1) is 0 Å². The minimum atomic E-state index is -0.335. The SMILES string of the molecule is Cc1ccc2nc(N3CCCCC3C)c(/C=C3/SC(=S)N(Cc4ccc(F)cc4)C3=O)c(=O)n2c1. The number of halogens is 1. The minimum absolute atomic E-state index is 0.213. The molecule has 0 saturated carbocycles. The third-order valence-electron chi connectivity index (χ3n) is 6.46. The monoisotopic (exact) mass is 508 g/mol. The zero-order chi connectivity index (χ0) is 24.7. The molecule has 2 fully saturated rings. The third-order valence-corrected chi connectivity index (χ3v) is 7.84. The zero-order valence-electron chi connectivity index (χ0n) is 19.5. The minimum Gasteiger partial charge on any atom is -0.353 e. The predicted molar refractivity (Wildman–Crippen MR) is 142 cm³/mol. The van der Waals surface area contributed by atoms with Crippen LogP contribution >= 0.6 is 24.0 Å².